The maximum absolute atomic E-state index is 5.70. The lowest BCUT2D eigenvalue weighted by molar-refractivity contribution is 0.623. The van der Waals surface area contributed by atoms with Gasteiger partial charge in [0.15, 0.2) is 5.13 Å². The monoisotopic (exact) mass is 247 g/mol. The van der Waals surface area contributed by atoms with E-state index in [9.17, 15) is 0 Å². The molecule has 4 heteroatoms. The Labute approximate surface area is 105 Å². The summed E-state index contributed by atoms with van der Waals surface area (Å²) in [5, 5.41) is 4.25. The maximum atomic E-state index is 5.70. The largest absolute Gasteiger partial charge is 0.375 e. The van der Waals surface area contributed by atoms with Crippen LogP contribution in [0.1, 0.15) is 25.3 Å². The molecule has 1 aromatic heterocycles. The van der Waals surface area contributed by atoms with Crippen LogP contribution in [0.15, 0.2) is 18.2 Å². The van der Waals surface area contributed by atoms with E-state index in [0.29, 0.717) is 5.13 Å². The molecule has 2 atom stereocenters. The third kappa shape index (κ3) is 2.28. The number of nitrogen functional groups attached to an aromatic ring is 1. The summed E-state index contributed by atoms with van der Waals surface area (Å²) in [6.45, 7) is 3.22. The fourth-order valence-corrected chi connectivity index (χ4v) is 3.09. The molecule has 1 saturated carbocycles. The molecule has 17 heavy (non-hydrogen) atoms. The number of anilines is 1. The summed E-state index contributed by atoms with van der Waals surface area (Å²) in [6, 6.07) is 7.13. The Morgan fingerprint density at radius 2 is 2.41 bits per heavy atom. The molecule has 3 nitrogen and oxygen atoms in total. The predicted octanol–water partition coefficient (Wildman–Crippen LogP) is 2.77. The van der Waals surface area contributed by atoms with Gasteiger partial charge in [0, 0.05) is 12.6 Å². The predicted molar refractivity (Wildman–Crippen MR) is 73.1 cm³/mol. The number of thiazole rings is 1. The van der Waals surface area contributed by atoms with E-state index in [0.717, 1.165) is 24.0 Å². The van der Waals surface area contributed by atoms with Crippen LogP contribution in [0.4, 0.5) is 5.13 Å². The molecule has 1 aliphatic rings. The highest BCUT2D eigenvalue weighted by atomic mass is 32.1. The molecular formula is C13H17N3S. The van der Waals surface area contributed by atoms with E-state index in [4.69, 9.17) is 5.73 Å². The number of hydrogen-bond donors (Lipinski definition) is 2. The number of fused-ring (bicyclic) bond motifs is 1. The highest BCUT2D eigenvalue weighted by molar-refractivity contribution is 7.22. The normalized spacial score (nSPS) is 23.1. The van der Waals surface area contributed by atoms with E-state index >= 15 is 0 Å². The van der Waals surface area contributed by atoms with E-state index < -0.39 is 0 Å². The van der Waals surface area contributed by atoms with Crippen LogP contribution in [0.3, 0.4) is 0 Å². The quantitative estimate of drug-likeness (QED) is 0.873. The molecule has 90 valence electrons. The van der Waals surface area contributed by atoms with Crippen LogP contribution in [0.25, 0.3) is 10.2 Å². The Hall–Kier alpha value is -1.13. The first kappa shape index (κ1) is 11.0. The molecule has 0 aliphatic heterocycles. The Balaban J connectivity index is 1.68. The summed E-state index contributed by atoms with van der Waals surface area (Å²) in [5.74, 6) is 0.901. The van der Waals surface area contributed by atoms with Gasteiger partial charge in [-0.2, -0.15) is 0 Å². The Bertz CT molecular complexity index is 534. The highest BCUT2D eigenvalue weighted by Crippen LogP contribution is 2.33. The van der Waals surface area contributed by atoms with E-state index in [1.165, 1.54) is 23.1 Å². The second-order valence-corrected chi connectivity index (χ2v) is 5.81. The smallest absolute Gasteiger partial charge is 0.181 e. The van der Waals surface area contributed by atoms with E-state index in [1.807, 2.05) is 0 Å². The number of nitrogens with zero attached hydrogens (tertiary/aromatic N) is 1. The SMILES string of the molecule is CCC1CC1NCc1ccc2nc(N)sc2c1. The Morgan fingerprint density at radius 3 is 3.18 bits per heavy atom. The molecule has 3 rings (SSSR count). The number of nitrogens with two attached hydrogens (primary N) is 1. The molecule has 1 fully saturated rings. The molecule has 1 heterocycles. The Kier molecular flexibility index (Phi) is 2.76. The third-order valence-corrected chi connectivity index (χ3v) is 4.33. The minimum absolute atomic E-state index is 0.651. The van der Waals surface area contributed by atoms with Gasteiger partial charge < -0.3 is 11.1 Å². The number of hydrogen-bond acceptors (Lipinski definition) is 4. The van der Waals surface area contributed by atoms with Crippen LogP contribution in [-0.2, 0) is 6.54 Å². The maximum Gasteiger partial charge on any atom is 0.181 e. The zero-order valence-corrected chi connectivity index (χ0v) is 10.8. The van der Waals surface area contributed by atoms with Crippen molar-refractivity contribution in [2.24, 2.45) is 5.92 Å². The van der Waals surface area contributed by atoms with Crippen molar-refractivity contribution in [2.75, 3.05) is 5.73 Å². The number of aromatic nitrogens is 1. The Morgan fingerprint density at radius 1 is 1.53 bits per heavy atom. The van der Waals surface area contributed by atoms with Crippen molar-refractivity contribution in [1.29, 1.82) is 0 Å². The fraction of sp³-hybridized carbons (Fsp3) is 0.462. The zero-order valence-electron chi connectivity index (χ0n) is 9.94. The summed E-state index contributed by atoms with van der Waals surface area (Å²) in [5.41, 5.74) is 8.03. The molecule has 3 N–H and O–H groups in total. The van der Waals surface area contributed by atoms with Gasteiger partial charge >= 0.3 is 0 Å². The lowest BCUT2D eigenvalue weighted by Gasteiger charge is -2.03. The van der Waals surface area contributed by atoms with Crippen molar-refractivity contribution >= 4 is 26.7 Å². The summed E-state index contributed by atoms with van der Waals surface area (Å²) < 4.78 is 1.18. The first-order chi connectivity index (χ1) is 8.26. The van der Waals surface area contributed by atoms with Gasteiger partial charge in [-0.25, -0.2) is 4.98 Å². The molecule has 0 saturated heterocycles. The minimum Gasteiger partial charge on any atom is -0.375 e. The molecule has 1 aliphatic carbocycles. The fourth-order valence-electron chi connectivity index (χ4n) is 2.29. The molecule has 1 aromatic carbocycles. The van der Waals surface area contributed by atoms with E-state index in [-0.39, 0.29) is 0 Å². The second kappa shape index (κ2) is 4.27. The van der Waals surface area contributed by atoms with Gasteiger partial charge in [-0.15, -0.1) is 0 Å². The van der Waals surface area contributed by atoms with Crippen LogP contribution >= 0.6 is 11.3 Å². The van der Waals surface area contributed by atoms with Crippen LogP contribution in [0.2, 0.25) is 0 Å². The number of rotatable bonds is 4. The van der Waals surface area contributed by atoms with Crippen molar-refractivity contribution in [1.82, 2.24) is 10.3 Å². The first-order valence-corrected chi connectivity index (χ1v) is 6.96. The lowest BCUT2D eigenvalue weighted by atomic mass is 10.2. The average Bonchev–Trinajstić information content (AvgIpc) is 2.99. The third-order valence-electron chi connectivity index (χ3n) is 3.48. The van der Waals surface area contributed by atoms with Crippen molar-refractivity contribution in [2.45, 2.75) is 32.4 Å². The molecule has 2 aromatic rings. The molecular weight excluding hydrogens is 230 g/mol. The van der Waals surface area contributed by atoms with Gasteiger partial charge in [-0.1, -0.05) is 30.7 Å². The van der Waals surface area contributed by atoms with Gasteiger partial charge in [0.25, 0.3) is 0 Å². The van der Waals surface area contributed by atoms with Gasteiger partial charge in [-0.3, -0.25) is 0 Å². The summed E-state index contributed by atoms with van der Waals surface area (Å²) >= 11 is 1.56. The van der Waals surface area contributed by atoms with Crippen molar-refractivity contribution < 1.29 is 0 Å². The number of benzene rings is 1. The topological polar surface area (TPSA) is 50.9 Å². The summed E-state index contributed by atoms with van der Waals surface area (Å²) in [7, 11) is 0. The van der Waals surface area contributed by atoms with Gasteiger partial charge in [0.2, 0.25) is 0 Å². The van der Waals surface area contributed by atoms with Gasteiger partial charge in [0.05, 0.1) is 10.2 Å². The second-order valence-electron chi connectivity index (χ2n) is 4.75. The van der Waals surface area contributed by atoms with Crippen molar-refractivity contribution in [3.05, 3.63) is 23.8 Å². The summed E-state index contributed by atoms with van der Waals surface area (Å²) in [6.07, 6.45) is 2.63. The molecule has 2 unspecified atom stereocenters. The van der Waals surface area contributed by atoms with E-state index in [2.05, 4.69) is 35.4 Å². The average molecular weight is 247 g/mol. The minimum atomic E-state index is 0.651. The van der Waals surface area contributed by atoms with Crippen LogP contribution in [0.5, 0.6) is 0 Å². The zero-order chi connectivity index (χ0) is 11.8. The van der Waals surface area contributed by atoms with Crippen LogP contribution < -0.4 is 11.1 Å². The van der Waals surface area contributed by atoms with Gasteiger partial charge in [-0.05, 0) is 30.0 Å². The molecule has 0 spiro atoms. The summed E-state index contributed by atoms with van der Waals surface area (Å²) in [4.78, 5) is 4.26. The lowest BCUT2D eigenvalue weighted by Crippen LogP contribution is -2.17. The molecule has 0 bridgehead atoms. The highest BCUT2D eigenvalue weighted by Gasteiger charge is 2.34. The number of nitrogens with one attached hydrogen (secondary N) is 1. The molecule has 0 amide bonds. The molecule has 0 radical (unpaired) electrons. The van der Waals surface area contributed by atoms with Crippen LogP contribution in [0, 0.1) is 5.92 Å². The first-order valence-electron chi connectivity index (χ1n) is 6.14. The van der Waals surface area contributed by atoms with Crippen LogP contribution in [-0.4, -0.2) is 11.0 Å². The van der Waals surface area contributed by atoms with Gasteiger partial charge in [0.1, 0.15) is 0 Å². The van der Waals surface area contributed by atoms with Crippen molar-refractivity contribution in [3.63, 3.8) is 0 Å². The standard InChI is InChI=1S/C13H17N3S/c1-2-9-6-11(9)15-7-8-3-4-10-12(5-8)17-13(14)16-10/h3-5,9,11,15H,2,6-7H2,1H3,(H2,14,16). The van der Waals surface area contributed by atoms with E-state index in [1.54, 1.807) is 11.3 Å². The van der Waals surface area contributed by atoms with Crippen molar-refractivity contribution in [3.8, 4) is 0 Å².